The second kappa shape index (κ2) is 4.86. The van der Waals surface area contributed by atoms with Gasteiger partial charge in [-0.05, 0) is 24.3 Å². The van der Waals surface area contributed by atoms with Crippen LogP contribution in [-0.2, 0) is 0 Å². The van der Waals surface area contributed by atoms with Crippen molar-refractivity contribution in [2.24, 2.45) is 0 Å². The average Bonchev–Trinajstić information content (AvgIpc) is 3.01. The van der Waals surface area contributed by atoms with E-state index < -0.39 is 0 Å². The number of benzene rings is 2. The van der Waals surface area contributed by atoms with Crippen molar-refractivity contribution in [3.05, 3.63) is 36.4 Å². The van der Waals surface area contributed by atoms with Crippen LogP contribution in [0.15, 0.2) is 36.4 Å². The fourth-order valence-electron chi connectivity index (χ4n) is 2.79. The molecule has 0 aliphatic heterocycles. The van der Waals surface area contributed by atoms with Crippen molar-refractivity contribution in [3.63, 3.8) is 0 Å². The van der Waals surface area contributed by atoms with Gasteiger partial charge in [0.2, 0.25) is 0 Å². The predicted octanol–water partition coefficient (Wildman–Crippen LogP) is 5.40. The molecule has 0 atom stereocenters. The molecule has 0 unspecified atom stereocenters. The van der Waals surface area contributed by atoms with E-state index in [0.717, 1.165) is 0 Å². The van der Waals surface area contributed by atoms with Crippen molar-refractivity contribution in [1.82, 2.24) is 0 Å². The van der Waals surface area contributed by atoms with Crippen LogP contribution in [0.1, 0.15) is 0 Å². The first kappa shape index (κ1) is 13.9. The Kier molecular flexibility index (Phi) is 3.06. The number of fused-ring (bicyclic) bond motifs is 5. The molecule has 0 fully saturated rings. The normalized spacial score (nSPS) is 11.6. The van der Waals surface area contributed by atoms with Crippen LogP contribution in [0, 0.1) is 0 Å². The van der Waals surface area contributed by atoms with Gasteiger partial charge in [0.15, 0.2) is 0 Å². The monoisotopic (exact) mass is 326 g/mol. The maximum absolute atomic E-state index is 2.30. The van der Waals surface area contributed by atoms with Gasteiger partial charge < -0.3 is 9.80 Å². The summed E-state index contributed by atoms with van der Waals surface area (Å²) in [5.74, 6) is 0. The summed E-state index contributed by atoms with van der Waals surface area (Å²) >= 11 is 3.83. The maximum Gasteiger partial charge on any atom is 0.0542 e. The van der Waals surface area contributed by atoms with Gasteiger partial charge in [-0.1, -0.05) is 12.1 Å². The molecule has 4 heteroatoms. The highest BCUT2D eigenvalue weighted by Crippen LogP contribution is 2.45. The third kappa shape index (κ3) is 1.98. The first-order valence-corrected chi connectivity index (χ1v) is 8.91. The van der Waals surface area contributed by atoms with Crippen molar-refractivity contribution in [1.29, 1.82) is 0 Å². The van der Waals surface area contributed by atoms with Crippen LogP contribution in [0.4, 0.5) is 11.4 Å². The van der Waals surface area contributed by atoms with Crippen LogP contribution < -0.4 is 9.80 Å². The van der Waals surface area contributed by atoms with Crippen LogP contribution in [0.5, 0.6) is 0 Å². The summed E-state index contributed by atoms with van der Waals surface area (Å²) in [7, 11) is 8.37. The van der Waals surface area contributed by atoms with Crippen molar-refractivity contribution in [2.45, 2.75) is 0 Å². The molecule has 2 nitrogen and oxygen atoms in total. The lowest BCUT2D eigenvalue weighted by molar-refractivity contribution is 1.14. The molecule has 2 heterocycles. The predicted molar refractivity (Wildman–Crippen MR) is 103 cm³/mol. The number of nitrogens with zero attached hydrogens (tertiary/aromatic N) is 2. The molecule has 0 N–H and O–H groups in total. The Balaban J connectivity index is 2.01. The highest BCUT2D eigenvalue weighted by Gasteiger charge is 2.13. The number of hydrogen-bond acceptors (Lipinski definition) is 4. The highest BCUT2D eigenvalue weighted by atomic mass is 32.1. The second-order valence-corrected chi connectivity index (χ2v) is 8.12. The van der Waals surface area contributed by atoms with E-state index in [4.69, 9.17) is 0 Å². The van der Waals surface area contributed by atoms with E-state index in [1.165, 1.54) is 40.9 Å². The van der Waals surface area contributed by atoms with Crippen LogP contribution in [0.3, 0.4) is 0 Å². The fourth-order valence-corrected chi connectivity index (χ4v) is 5.51. The molecule has 0 bridgehead atoms. The molecule has 22 heavy (non-hydrogen) atoms. The molecular formula is C18H18N2S2. The molecule has 4 rings (SSSR count). The Morgan fingerprint density at radius 1 is 0.636 bits per heavy atom. The van der Waals surface area contributed by atoms with E-state index in [2.05, 4.69) is 74.4 Å². The van der Waals surface area contributed by atoms with Crippen molar-refractivity contribution in [3.8, 4) is 0 Å². The molecule has 2 aromatic carbocycles. The van der Waals surface area contributed by atoms with Gasteiger partial charge in [0, 0.05) is 59.7 Å². The minimum atomic E-state index is 1.26. The summed E-state index contributed by atoms with van der Waals surface area (Å²) < 4.78 is 5.62. The molecule has 0 saturated heterocycles. The minimum Gasteiger partial charge on any atom is -0.378 e. The number of thiophene rings is 2. The summed E-state index contributed by atoms with van der Waals surface area (Å²) in [5.41, 5.74) is 2.53. The van der Waals surface area contributed by atoms with E-state index in [0.29, 0.717) is 0 Å². The van der Waals surface area contributed by atoms with Gasteiger partial charge in [0.25, 0.3) is 0 Å². The molecule has 0 aliphatic carbocycles. The summed E-state index contributed by atoms with van der Waals surface area (Å²) in [6, 6.07) is 13.6. The highest BCUT2D eigenvalue weighted by molar-refractivity contribution is 7.36. The molecule has 2 aromatic heterocycles. The number of rotatable bonds is 2. The number of anilines is 2. The van der Waals surface area contributed by atoms with Gasteiger partial charge in [-0.2, -0.15) is 0 Å². The summed E-state index contributed by atoms with van der Waals surface area (Å²) in [6.45, 7) is 0. The van der Waals surface area contributed by atoms with E-state index >= 15 is 0 Å². The third-order valence-corrected chi connectivity index (χ3v) is 6.58. The summed E-state index contributed by atoms with van der Waals surface area (Å²) in [6.07, 6.45) is 0. The minimum absolute atomic E-state index is 1.26. The number of hydrogen-bond donors (Lipinski definition) is 0. The molecule has 0 amide bonds. The first-order valence-electron chi connectivity index (χ1n) is 7.28. The Morgan fingerprint density at radius 2 is 1.05 bits per heavy atom. The average molecular weight is 326 g/mol. The Morgan fingerprint density at radius 3 is 1.41 bits per heavy atom. The zero-order valence-electron chi connectivity index (χ0n) is 13.2. The van der Waals surface area contributed by atoms with Gasteiger partial charge in [-0.15, -0.1) is 22.7 Å². The Hall–Kier alpha value is -1.78. The van der Waals surface area contributed by atoms with Gasteiger partial charge in [-0.3, -0.25) is 0 Å². The zero-order valence-corrected chi connectivity index (χ0v) is 14.8. The van der Waals surface area contributed by atoms with Crippen LogP contribution in [0.25, 0.3) is 29.6 Å². The van der Waals surface area contributed by atoms with Crippen LogP contribution >= 0.6 is 22.7 Å². The Bertz CT molecular complexity index is 911. The quantitative estimate of drug-likeness (QED) is 0.486. The smallest absolute Gasteiger partial charge is 0.0542 e. The van der Waals surface area contributed by atoms with Crippen molar-refractivity contribution >= 4 is 63.6 Å². The molecule has 0 radical (unpaired) electrons. The standard InChI is InChI=1S/C18H18N2S2/c1-19(2)11-5-7-13-15(9-11)21-18-14-8-6-12(20(3)4)10-16(14)22-17(13)18/h5-10H,1-4H3. The SMILES string of the molecule is CN(C)c1ccc2c(c1)sc1c3ccc(N(C)C)cc3sc21. The second-order valence-electron chi connectivity index (χ2n) is 6.01. The van der Waals surface area contributed by atoms with E-state index in [9.17, 15) is 0 Å². The summed E-state index contributed by atoms with van der Waals surface area (Å²) in [5, 5.41) is 2.77. The van der Waals surface area contributed by atoms with Crippen molar-refractivity contribution in [2.75, 3.05) is 38.0 Å². The van der Waals surface area contributed by atoms with Crippen LogP contribution in [0.2, 0.25) is 0 Å². The Labute approximate surface area is 138 Å². The van der Waals surface area contributed by atoms with Crippen molar-refractivity contribution < 1.29 is 0 Å². The van der Waals surface area contributed by atoms with Crippen LogP contribution in [-0.4, -0.2) is 28.2 Å². The molecular weight excluding hydrogens is 308 g/mol. The largest absolute Gasteiger partial charge is 0.378 e. The topological polar surface area (TPSA) is 6.48 Å². The molecule has 0 saturated carbocycles. The lowest BCUT2D eigenvalue weighted by Crippen LogP contribution is -2.07. The van der Waals surface area contributed by atoms with Gasteiger partial charge in [0.1, 0.15) is 0 Å². The lowest BCUT2D eigenvalue weighted by atomic mass is 10.2. The first-order chi connectivity index (χ1) is 10.5. The fraction of sp³-hybridized carbons (Fsp3) is 0.222. The molecule has 112 valence electrons. The van der Waals surface area contributed by atoms with Gasteiger partial charge in [0.05, 0.1) is 9.40 Å². The molecule has 0 spiro atoms. The van der Waals surface area contributed by atoms with E-state index in [-0.39, 0.29) is 0 Å². The lowest BCUT2D eigenvalue weighted by Gasteiger charge is -2.12. The molecule has 4 aromatic rings. The van der Waals surface area contributed by atoms with E-state index in [1.807, 2.05) is 22.7 Å². The third-order valence-electron chi connectivity index (χ3n) is 4.08. The van der Waals surface area contributed by atoms with Gasteiger partial charge in [-0.25, -0.2) is 0 Å². The molecule has 0 aliphatic rings. The maximum atomic E-state index is 2.30. The zero-order chi connectivity index (χ0) is 15.4. The summed E-state index contributed by atoms with van der Waals surface area (Å²) in [4.78, 5) is 4.32. The van der Waals surface area contributed by atoms with E-state index in [1.54, 1.807) is 0 Å². The van der Waals surface area contributed by atoms with Gasteiger partial charge >= 0.3 is 0 Å².